The van der Waals surface area contributed by atoms with Crippen LogP contribution >= 0.6 is 27.3 Å². The molecule has 7 heteroatoms. The highest BCUT2D eigenvalue weighted by Gasteiger charge is 2.27. The Hall–Kier alpha value is -2.77. The number of hydrogen-bond acceptors (Lipinski definition) is 6. The summed E-state index contributed by atoms with van der Waals surface area (Å²) in [6.45, 7) is 6.40. The predicted molar refractivity (Wildman–Crippen MR) is 133 cm³/mol. The third-order valence-electron chi connectivity index (χ3n) is 5.34. The molecule has 0 saturated heterocycles. The van der Waals surface area contributed by atoms with Crippen molar-refractivity contribution in [1.82, 2.24) is 0 Å². The van der Waals surface area contributed by atoms with Crippen LogP contribution in [-0.4, -0.2) is 23.7 Å². The van der Waals surface area contributed by atoms with Gasteiger partial charge in [0.05, 0.1) is 16.4 Å². The lowest BCUT2D eigenvalue weighted by atomic mass is 9.85. The summed E-state index contributed by atoms with van der Waals surface area (Å²) in [6.07, 6.45) is 2.18. The molecule has 0 amide bonds. The second-order valence-electron chi connectivity index (χ2n) is 8.25. The number of phenolic OH excluding ortho intramolecular Hbond substituents is 1. The quantitative estimate of drug-likeness (QED) is 0.365. The summed E-state index contributed by atoms with van der Waals surface area (Å²) >= 11 is 4.73. The van der Waals surface area contributed by atoms with Gasteiger partial charge in [0.2, 0.25) is 0 Å². The Morgan fingerprint density at radius 3 is 2.59 bits per heavy atom. The van der Waals surface area contributed by atoms with Crippen molar-refractivity contribution < 1.29 is 19.4 Å². The minimum absolute atomic E-state index is 0.101. The molecule has 1 aliphatic heterocycles. The molecular formula is C25H24BrNO4S. The third-order valence-corrected chi connectivity index (χ3v) is 6.94. The van der Waals surface area contributed by atoms with E-state index >= 15 is 0 Å². The Balaban J connectivity index is 1.82. The maximum atomic E-state index is 12.7. The van der Waals surface area contributed by atoms with Crippen molar-refractivity contribution in [3.05, 3.63) is 68.3 Å². The van der Waals surface area contributed by atoms with Crippen LogP contribution < -0.4 is 10.1 Å². The molecule has 0 radical (unpaired) electrons. The van der Waals surface area contributed by atoms with Gasteiger partial charge in [0.15, 0.2) is 0 Å². The van der Waals surface area contributed by atoms with Crippen LogP contribution in [0.4, 0.5) is 5.69 Å². The Morgan fingerprint density at radius 2 is 1.91 bits per heavy atom. The first-order chi connectivity index (χ1) is 15.2. The molecular weight excluding hydrogens is 490 g/mol. The number of allylic oxidation sites excluding steroid dienone is 1. The number of thiophene rings is 1. The number of carbonyl (C=O) groups is 1. The number of nitrogens with one attached hydrogen (secondary N) is 1. The predicted octanol–water partition coefficient (Wildman–Crippen LogP) is 6.86. The van der Waals surface area contributed by atoms with Gasteiger partial charge in [0, 0.05) is 28.4 Å². The average molecular weight is 514 g/mol. The van der Waals surface area contributed by atoms with Crippen molar-refractivity contribution in [2.45, 2.75) is 32.9 Å². The van der Waals surface area contributed by atoms with E-state index in [1.54, 1.807) is 25.3 Å². The SMILES string of the molecule is COc1cc(O)ccc1-c1ccc2c(c1COC(=O)c1ccc(Br)s1)C(C)=CC(C)(C)N2. The second-order valence-corrected chi connectivity index (χ2v) is 10.7. The second kappa shape index (κ2) is 8.64. The van der Waals surface area contributed by atoms with E-state index in [-0.39, 0.29) is 23.9 Å². The number of benzene rings is 2. The number of phenols is 1. The van der Waals surface area contributed by atoms with Crippen molar-refractivity contribution in [3.63, 3.8) is 0 Å². The molecule has 1 aliphatic rings. The van der Waals surface area contributed by atoms with Gasteiger partial charge in [0.25, 0.3) is 0 Å². The smallest absolute Gasteiger partial charge is 0.348 e. The number of hydrogen-bond donors (Lipinski definition) is 2. The number of halogens is 1. The van der Waals surface area contributed by atoms with E-state index in [9.17, 15) is 9.90 Å². The molecule has 5 nitrogen and oxygen atoms in total. The number of methoxy groups -OCH3 is 1. The lowest BCUT2D eigenvalue weighted by Crippen LogP contribution is -2.32. The fourth-order valence-corrected chi connectivity index (χ4v) is 5.42. The van der Waals surface area contributed by atoms with Gasteiger partial charge in [-0.15, -0.1) is 11.3 Å². The van der Waals surface area contributed by atoms with Crippen LogP contribution in [0.3, 0.4) is 0 Å². The van der Waals surface area contributed by atoms with E-state index in [4.69, 9.17) is 9.47 Å². The standard InChI is InChI=1S/C25H24BrNO4S/c1-14-12-25(2,3)27-19-8-7-16(17-6-5-15(28)11-20(17)30-4)18(23(14)19)13-31-24(29)21-9-10-22(26)32-21/h5-12,27-28H,13H2,1-4H3. The monoisotopic (exact) mass is 513 g/mol. The zero-order chi connectivity index (χ0) is 23.0. The number of rotatable bonds is 5. The number of carbonyl (C=O) groups excluding carboxylic acids is 1. The summed E-state index contributed by atoms with van der Waals surface area (Å²) in [5.74, 6) is 0.303. The Kier molecular flexibility index (Phi) is 6.05. The van der Waals surface area contributed by atoms with Crippen molar-refractivity contribution in [2.75, 3.05) is 12.4 Å². The van der Waals surface area contributed by atoms with Crippen molar-refractivity contribution in [1.29, 1.82) is 0 Å². The van der Waals surface area contributed by atoms with Crippen molar-refractivity contribution in [3.8, 4) is 22.6 Å². The fourth-order valence-electron chi connectivity index (χ4n) is 4.14. The van der Waals surface area contributed by atoms with E-state index in [0.717, 1.165) is 37.3 Å². The highest BCUT2D eigenvalue weighted by molar-refractivity contribution is 9.11. The summed E-state index contributed by atoms with van der Waals surface area (Å²) in [5.41, 5.74) is 5.50. The molecule has 3 aromatic rings. The van der Waals surface area contributed by atoms with Crippen LogP contribution in [0.2, 0.25) is 0 Å². The number of aromatic hydroxyl groups is 1. The minimum atomic E-state index is -0.368. The first-order valence-electron chi connectivity index (χ1n) is 10.1. The van der Waals surface area contributed by atoms with Crippen LogP contribution in [0.1, 0.15) is 41.6 Å². The van der Waals surface area contributed by atoms with Gasteiger partial charge in [0.1, 0.15) is 23.0 Å². The lowest BCUT2D eigenvalue weighted by Gasteiger charge is -2.33. The molecule has 2 aromatic carbocycles. The van der Waals surface area contributed by atoms with Gasteiger partial charge in [-0.1, -0.05) is 12.1 Å². The molecule has 0 bridgehead atoms. The maximum absolute atomic E-state index is 12.7. The summed E-state index contributed by atoms with van der Waals surface area (Å²) in [6, 6.07) is 12.6. The van der Waals surface area contributed by atoms with Gasteiger partial charge >= 0.3 is 5.97 Å². The van der Waals surface area contributed by atoms with Crippen LogP contribution in [-0.2, 0) is 11.3 Å². The zero-order valence-corrected chi connectivity index (χ0v) is 20.7. The zero-order valence-electron chi connectivity index (χ0n) is 18.3. The lowest BCUT2D eigenvalue weighted by molar-refractivity contribution is 0.0479. The van der Waals surface area contributed by atoms with Crippen LogP contribution in [0.25, 0.3) is 16.7 Å². The summed E-state index contributed by atoms with van der Waals surface area (Å²) < 4.78 is 12.2. The van der Waals surface area contributed by atoms with Gasteiger partial charge in [-0.3, -0.25) is 0 Å². The van der Waals surface area contributed by atoms with E-state index in [2.05, 4.69) is 48.1 Å². The van der Waals surface area contributed by atoms with Gasteiger partial charge in [-0.25, -0.2) is 4.79 Å². The highest BCUT2D eigenvalue weighted by atomic mass is 79.9. The Labute approximate surface area is 199 Å². The fraction of sp³-hybridized carbons (Fsp3) is 0.240. The number of fused-ring (bicyclic) bond motifs is 1. The topological polar surface area (TPSA) is 67.8 Å². The summed E-state index contributed by atoms with van der Waals surface area (Å²) in [4.78, 5) is 13.2. The third kappa shape index (κ3) is 4.40. The molecule has 0 unspecified atom stereocenters. The molecule has 0 aliphatic carbocycles. The molecule has 1 aromatic heterocycles. The van der Waals surface area contributed by atoms with Crippen LogP contribution in [0.15, 0.2) is 52.3 Å². The van der Waals surface area contributed by atoms with E-state index < -0.39 is 0 Å². The maximum Gasteiger partial charge on any atom is 0.348 e. The van der Waals surface area contributed by atoms with Gasteiger partial charge < -0.3 is 19.9 Å². The largest absolute Gasteiger partial charge is 0.508 e. The first kappa shape index (κ1) is 22.4. The summed E-state index contributed by atoms with van der Waals surface area (Å²) in [5, 5.41) is 13.5. The molecule has 0 spiro atoms. The summed E-state index contributed by atoms with van der Waals surface area (Å²) in [7, 11) is 1.57. The molecule has 0 atom stereocenters. The molecule has 0 fully saturated rings. The molecule has 32 heavy (non-hydrogen) atoms. The van der Waals surface area contributed by atoms with Crippen molar-refractivity contribution >= 4 is 44.5 Å². The molecule has 4 rings (SSSR count). The van der Waals surface area contributed by atoms with Gasteiger partial charge in [-0.2, -0.15) is 0 Å². The molecule has 166 valence electrons. The highest BCUT2D eigenvalue weighted by Crippen LogP contribution is 2.43. The normalized spacial score (nSPS) is 14.2. The molecule has 0 saturated carbocycles. The molecule has 2 N–H and O–H groups in total. The van der Waals surface area contributed by atoms with E-state index in [0.29, 0.717) is 10.6 Å². The number of ether oxygens (including phenoxy) is 2. The average Bonchev–Trinajstić information content (AvgIpc) is 3.17. The van der Waals surface area contributed by atoms with E-state index in [1.165, 1.54) is 11.3 Å². The molecule has 2 heterocycles. The number of esters is 1. The van der Waals surface area contributed by atoms with Crippen molar-refractivity contribution in [2.24, 2.45) is 0 Å². The minimum Gasteiger partial charge on any atom is -0.508 e. The first-order valence-corrected chi connectivity index (χ1v) is 11.7. The Morgan fingerprint density at radius 1 is 1.16 bits per heavy atom. The number of anilines is 1. The van der Waals surface area contributed by atoms with E-state index in [1.807, 2.05) is 24.3 Å². The van der Waals surface area contributed by atoms with Gasteiger partial charge in [-0.05, 0) is 78.2 Å². The van der Waals surface area contributed by atoms with Crippen LogP contribution in [0.5, 0.6) is 11.5 Å². The van der Waals surface area contributed by atoms with Crippen LogP contribution in [0, 0.1) is 0 Å². The Bertz CT molecular complexity index is 1230.